The van der Waals surface area contributed by atoms with E-state index >= 15 is 0 Å². The summed E-state index contributed by atoms with van der Waals surface area (Å²) in [5, 5.41) is 1.07. The van der Waals surface area contributed by atoms with E-state index < -0.39 is 0 Å². The number of Topliss-reactive ketones (excluding diaryl/α,β-unsaturated/α-hetero) is 1. The highest BCUT2D eigenvalue weighted by molar-refractivity contribution is 7.17. The number of carbonyl (C=O) groups excluding carboxylic acids is 1. The molecule has 2 aliphatic carbocycles. The van der Waals surface area contributed by atoms with Crippen molar-refractivity contribution in [1.29, 1.82) is 0 Å². The Morgan fingerprint density at radius 2 is 1.83 bits per heavy atom. The van der Waals surface area contributed by atoms with Gasteiger partial charge in [0.15, 0.2) is 10.9 Å². The van der Waals surface area contributed by atoms with Crippen LogP contribution in [0.3, 0.4) is 0 Å². The molecule has 1 aromatic rings. The van der Waals surface area contributed by atoms with Crippen molar-refractivity contribution in [3.8, 4) is 0 Å². The Morgan fingerprint density at radius 3 is 2.22 bits per heavy atom. The predicted octanol–water partition coefficient (Wildman–Crippen LogP) is 3.28. The van der Waals surface area contributed by atoms with Crippen molar-refractivity contribution in [3.63, 3.8) is 0 Å². The van der Waals surface area contributed by atoms with E-state index in [2.05, 4.69) is 9.88 Å². The number of aromatic nitrogens is 1. The second-order valence-electron chi connectivity index (χ2n) is 5.76. The maximum absolute atomic E-state index is 11.5. The largest absolute Gasteiger partial charge is 0.348 e. The number of carbonyl (C=O) groups is 1. The molecule has 0 N–H and O–H groups in total. The minimum atomic E-state index is 0.147. The van der Waals surface area contributed by atoms with E-state index in [0.717, 1.165) is 40.6 Å². The fourth-order valence-corrected chi connectivity index (χ4v) is 3.28. The summed E-state index contributed by atoms with van der Waals surface area (Å²) >= 11 is 1.58. The van der Waals surface area contributed by atoms with E-state index in [0.29, 0.717) is 0 Å². The Bertz CT molecular complexity index is 446. The number of hydrogen-bond donors (Lipinski definition) is 0. The van der Waals surface area contributed by atoms with Crippen LogP contribution in [0.5, 0.6) is 0 Å². The monoisotopic (exact) mass is 264 g/mol. The highest BCUT2D eigenvalue weighted by atomic mass is 32.1. The first-order valence-corrected chi connectivity index (χ1v) is 7.68. The van der Waals surface area contributed by atoms with Crippen LogP contribution in [-0.4, -0.2) is 23.9 Å². The topological polar surface area (TPSA) is 33.2 Å². The van der Waals surface area contributed by atoms with Gasteiger partial charge in [0.2, 0.25) is 0 Å². The first kappa shape index (κ1) is 12.2. The highest BCUT2D eigenvalue weighted by Crippen LogP contribution is 2.37. The molecule has 2 saturated carbocycles. The van der Waals surface area contributed by atoms with Crippen LogP contribution in [0.4, 0.5) is 5.13 Å². The number of nitrogens with zero attached hydrogens (tertiary/aromatic N) is 2. The van der Waals surface area contributed by atoms with Gasteiger partial charge in [0, 0.05) is 20.0 Å². The van der Waals surface area contributed by atoms with Crippen molar-refractivity contribution in [1.82, 2.24) is 4.98 Å². The van der Waals surface area contributed by atoms with Crippen LogP contribution < -0.4 is 4.90 Å². The third-order valence-electron chi connectivity index (χ3n) is 3.73. The number of aryl methyl sites for hydroxylation is 1. The molecule has 2 aliphatic rings. The molecule has 98 valence electrons. The maximum Gasteiger partial charge on any atom is 0.186 e. The van der Waals surface area contributed by atoms with Crippen LogP contribution in [-0.2, 0) is 0 Å². The Kier molecular flexibility index (Phi) is 3.14. The first-order valence-electron chi connectivity index (χ1n) is 6.87. The van der Waals surface area contributed by atoms with Gasteiger partial charge in [0.1, 0.15) is 0 Å². The molecule has 0 amide bonds. The molecule has 0 radical (unpaired) electrons. The minimum Gasteiger partial charge on any atom is -0.348 e. The van der Waals surface area contributed by atoms with Crippen molar-refractivity contribution >= 4 is 22.3 Å². The third-order valence-corrected chi connectivity index (χ3v) is 5.05. The number of ketones is 1. The molecule has 3 rings (SSSR count). The van der Waals surface area contributed by atoms with Crippen molar-refractivity contribution in [2.24, 2.45) is 11.8 Å². The molecule has 1 aromatic heterocycles. The molecule has 0 aromatic carbocycles. The number of hydrogen-bond acceptors (Lipinski definition) is 4. The SMILES string of the molecule is CC(=O)c1sc(N(CC2CC2)CC2CC2)nc1C. The van der Waals surface area contributed by atoms with Crippen LogP contribution in [0.15, 0.2) is 0 Å². The zero-order chi connectivity index (χ0) is 12.7. The standard InChI is InChI=1S/C14H20N2OS/c1-9-13(10(2)17)18-14(15-9)16(7-11-3-4-11)8-12-5-6-12/h11-12H,3-8H2,1-2H3. The summed E-state index contributed by atoms with van der Waals surface area (Å²) in [5.74, 6) is 1.89. The zero-order valence-corrected chi connectivity index (χ0v) is 11.9. The molecular formula is C14H20N2OS. The Balaban J connectivity index is 1.78. The van der Waals surface area contributed by atoms with E-state index in [-0.39, 0.29) is 5.78 Å². The van der Waals surface area contributed by atoms with Gasteiger partial charge in [-0.05, 0) is 44.4 Å². The van der Waals surface area contributed by atoms with Gasteiger partial charge in [-0.3, -0.25) is 4.79 Å². The van der Waals surface area contributed by atoms with Gasteiger partial charge >= 0.3 is 0 Å². The average molecular weight is 264 g/mol. The third kappa shape index (κ3) is 2.74. The fraction of sp³-hybridized carbons (Fsp3) is 0.714. The summed E-state index contributed by atoms with van der Waals surface area (Å²) < 4.78 is 0. The molecule has 2 fully saturated rings. The molecule has 1 heterocycles. The van der Waals surface area contributed by atoms with E-state index in [1.807, 2.05) is 6.92 Å². The second-order valence-corrected chi connectivity index (χ2v) is 6.74. The van der Waals surface area contributed by atoms with Gasteiger partial charge in [-0.2, -0.15) is 0 Å². The van der Waals surface area contributed by atoms with Crippen molar-refractivity contribution in [2.45, 2.75) is 39.5 Å². The van der Waals surface area contributed by atoms with Crippen LogP contribution in [0.2, 0.25) is 0 Å². The molecule has 18 heavy (non-hydrogen) atoms. The van der Waals surface area contributed by atoms with E-state index in [9.17, 15) is 4.79 Å². The Hall–Kier alpha value is -0.900. The lowest BCUT2D eigenvalue weighted by atomic mass is 10.3. The van der Waals surface area contributed by atoms with Gasteiger partial charge in [-0.25, -0.2) is 4.98 Å². The predicted molar refractivity (Wildman–Crippen MR) is 74.5 cm³/mol. The summed E-state index contributed by atoms with van der Waals surface area (Å²) in [5.41, 5.74) is 0.902. The fourth-order valence-electron chi connectivity index (χ4n) is 2.30. The minimum absolute atomic E-state index is 0.147. The summed E-state index contributed by atoms with van der Waals surface area (Å²) in [7, 11) is 0. The summed E-state index contributed by atoms with van der Waals surface area (Å²) in [4.78, 5) is 19.4. The number of anilines is 1. The van der Waals surface area contributed by atoms with Gasteiger partial charge in [0.05, 0.1) is 10.6 Å². The van der Waals surface area contributed by atoms with E-state index in [4.69, 9.17) is 0 Å². The van der Waals surface area contributed by atoms with Crippen LogP contribution in [0, 0.1) is 18.8 Å². The number of rotatable bonds is 6. The Labute approximate surface area is 112 Å². The Morgan fingerprint density at radius 1 is 1.28 bits per heavy atom. The van der Waals surface area contributed by atoms with Gasteiger partial charge in [-0.1, -0.05) is 11.3 Å². The molecule has 0 unspecified atom stereocenters. The molecule has 4 heteroatoms. The molecule has 0 bridgehead atoms. The van der Waals surface area contributed by atoms with Crippen LogP contribution in [0.25, 0.3) is 0 Å². The maximum atomic E-state index is 11.5. The quantitative estimate of drug-likeness (QED) is 0.739. The lowest BCUT2D eigenvalue weighted by Crippen LogP contribution is -2.27. The van der Waals surface area contributed by atoms with Crippen LogP contribution in [0.1, 0.15) is 48.0 Å². The van der Waals surface area contributed by atoms with E-state index in [1.54, 1.807) is 18.3 Å². The highest BCUT2D eigenvalue weighted by Gasteiger charge is 2.31. The van der Waals surface area contributed by atoms with Gasteiger partial charge < -0.3 is 4.90 Å². The molecule has 0 spiro atoms. The smallest absolute Gasteiger partial charge is 0.186 e. The molecule has 0 saturated heterocycles. The zero-order valence-electron chi connectivity index (χ0n) is 11.1. The summed E-state index contributed by atoms with van der Waals surface area (Å²) in [6.07, 6.45) is 5.46. The lowest BCUT2D eigenvalue weighted by molar-refractivity contribution is 0.102. The second kappa shape index (κ2) is 4.65. The lowest BCUT2D eigenvalue weighted by Gasteiger charge is -2.21. The molecule has 0 atom stereocenters. The van der Waals surface area contributed by atoms with Crippen molar-refractivity contribution in [3.05, 3.63) is 10.6 Å². The van der Waals surface area contributed by atoms with Crippen molar-refractivity contribution in [2.75, 3.05) is 18.0 Å². The first-order chi connectivity index (χ1) is 8.63. The van der Waals surface area contributed by atoms with Gasteiger partial charge in [-0.15, -0.1) is 0 Å². The molecular weight excluding hydrogens is 244 g/mol. The van der Waals surface area contributed by atoms with Crippen molar-refractivity contribution < 1.29 is 4.79 Å². The average Bonchev–Trinajstić information content (AvgIpc) is 3.21. The summed E-state index contributed by atoms with van der Waals surface area (Å²) in [6, 6.07) is 0. The van der Waals surface area contributed by atoms with E-state index in [1.165, 1.54) is 25.7 Å². The van der Waals surface area contributed by atoms with Crippen LogP contribution >= 0.6 is 11.3 Å². The molecule has 3 nitrogen and oxygen atoms in total. The normalized spacial score (nSPS) is 19.0. The van der Waals surface area contributed by atoms with Gasteiger partial charge in [0.25, 0.3) is 0 Å². The molecule has 0 aliphatic heterocycles. The number of thiazole rings is 1. The summed E-state index contributed by atoms with van der Waals surface area (Å²) in [6.45, 7) is 5.86.